The lowest BCUT2D eigenvalue weighted by atomic mass is 9.91. The highest BCUT2D eigenvalue weighted by Crippen LogP contribution is 2.42. The second-order valence-electron chi connectivity index (χ2n) is 24.9. The van der Waals surface area contributed by atoms with Crippen LogP contribution >= 0.6 is 18.6 Å². The third-order valence-corrected chi connectivity index (χ3v) is 21.2. The van der Waals surface area contributed by atoms with Crippen molar-refractivity contribution in [3.8, 4) is 34.8 Å². The Morgan fingerprint density at radius 1 is 0.891 bits per heavy atom. The fourth-order valence-corrected chi connectivity index (χ4v) is 16.4. The number of hydrogen-bond donors (Lipinski definition) is 4. The van der Waals surface area contributed by atoms with Crippen LogP contribution < -0.4 is 35.1 Å². The SMILES string of the molecule is CC(C)[C@@H](C(=O)N1C[C@H](OC(=O)OC(C)C(C)(C)SS(C)(=O)=O)C[C@H]1C(=O)N[C@@H](C)c1ccc(C#N)cc1)c1cc(OCCN2CCC(OC3CC(Oc4cc(N5C6CCC5CN(c5cc(-c7ccccc7OCOP(=O)(O)O)nnc5N)C6)ccn4)C3)CC2)no1. The van der Waals surface area contributed by atoms with Crippen molar-refractivity contribution in [1.29, 1.82) is 5.26 Å². The summed E-state index contributed by atoms with van der Waals surface area (Å²) in [5.41, 5.74) is 10.5. The van der Waals surface area contributed by atoms with E-state index >= 15 is 0 Å². The monoisotopic (exact) mass is 1330 g/mol. The Hall–Kier alpha value is -7.29. The van der Waals surface area contributed by atoms with Crippen LogP contribution in [0.3, 0.4) is 0 Å². The molecule has 5 aromatic rings. The molecule has 3 unspecified atom stereocenters. The molecule has 5 N–H and O–H groups in total. The van der Waals surface area contributed by atoms with Crippen molar-refractivity contribution >= 4 is 62.6 Å². The van der Waals surface area contributed by atoms with Gasteiger partial charge in [0, 0.05) is 99.9 Å². The Kier molecular flexibility index (Phi) is 21.3. The number of pyridine rings is 1. The maximum absolute atomic E-state index is 14.7. The number of rotatable bonds is 26. The molecule has 92 heavy (non-hydrogen) atoms. The first-order chi connectivity index (χ1) is 43.8. The fraction of sp³-hybridized carbons (Fsp3) is 0.548. The summed E-state index contributed by atoms with van der Waals surface area (Å²) in [4.78, 5) is 73.3. The molecule has 7 atom stereocenters. The van der Waals surface area contributed by atoms with Gasteiger partial charge in [-0.3, -0.25) is 14.5 Å². The van der Waals surface area contributed by atoms with Crippen LogP contribution in [-0.2, 0) is 41.8 Å². The van der Waals surface area contributed by atoms with E-state index in [1.54, 1.807) is 88.5 Å². The molecule has 1 saturated carbocycles. The fourth-order valence-electron chi connectivity index (χ4n) is 12.5. The second kappa shape index (κ2) is 28.9. The molecule has 4 aliphatic heterocycles. The van der Waals surface area contributed by atoms with Crippen LogP contribution in [0.5, 0.6) is 17.5 Å². The molecule has 5 aliphatic rings. The van der Waals surface area contributed by atoms with Gasteiger partial charge in [-0.2, -0.15) is 5.26 Å². The van der Waals surface area contributed by atoms with Crippen molar-refractivity contribution in [2.45, 2.75) is 152 Å². The number of nitrogens with one attached hydrogen (secondary N) is 1. The molecule has 27 nitrogen and oxygen atoms in total. The van der Waals surface area contributed by atoms with Crippen LogP contribution in [0.1, 0.15) is 115 Å². The summed E-state index contributed by atoms with van der Waals surface area (Å²) < 4.78 is 80.5. The molecule has 10 rings (SSSR count). The number of nitrogens with two attached hydrogens (primary N) is 1. The third-order valence-electron chi connectivity index (χ3n) is 17.5. The molecule has 5 fully saturated rings. The van der Waals surface area contributed by atoms with Gasteiger partial charge in [0.15, 0.2) is 27.2 Å². The highest BCUT2D eigenvalue weighted by Gasteiger charge is 2.47. The molecule has 2 aromatic carbocycles. The molecular weight excluding hydrogens is 1250 g/mol. The van der Waals surface area contributed by atoms with E-state index in [9.17, 15) is 32.6 Å². The molecule has 0 spiro atoms. The van der Waals surface area contributed by atoms with Gasteiger partial charge >= 0.3 is 14.0 Å². The number of nitrogen functional groups attached to an aromatic ring is 1. The van der Waals surface area contributed by atoms with Crippen LogP contribution in [0.25, 0.3) is 11.3 Å². The number of nitrogens with zero attached hydrogens (tertiary/aromatic N) is 9. The smallest absolute Gasteiger partial charge is 0.474 e. The zero-order valence-electron chi connectivity index (χ0n) is 52.4. The van der Waals surface area contributed by atoms with Crippen LogP contribution in [0.15, 0.2) is 83.5 Å². The Morgan fingerprint density at radius 3 is 2.29 bits per heavy atom. The Labute approximate surface area is 538 Å². The Bertz CT molecular complexity index is 3600. The number of carbonyl (C=O) groups excluding carboxylic acids is 3. The minimum absolute atomic E-state index is 0.0143. The summed E-state index contributed by atoms with van der Waals surface area (Å²) in [5, 5.41) is 25.1. The number of nitriles is 1. The Morgan fingerprint density at radius 2 is 1.61 bits per heavy atom. The van der Waals surface area contributed by atoms with E-state index in [0.29, 0.717) is 71.3 Å². The number of carbonyl (C=O) groups is 3. The summed E-state index contributed by atoms with van der Waals surface area (Å²) in [6, 6.07) is 22.2. The zero-order valence-corrected chi connectivity index (χ0v) is 55.0. The van der Waals surface area contributed by atoms with Crippen molar-refractivity contribution in [1.82, 2.24) is 35.5 Å². The number of para-hydroxylation sites is 1. The van der Waals surface area contributed by atoms with Crippen LogP contribution in [0.2, 0.25) is 0 Å². The molecule has 496 valence electrons. The maximum atomic E-state index is 14.7. The molecule has 0 radical (unpaired) electrons. The van der Waals surface area contributed by atoms with E-state index in [0.717, 1.165) is 74.8 Å². The number of piperazine rings is 1. The highest BCUT2D eigenvalue weighted by atomic mass is 33.1. The largest absolute Gasteiger partial charge is 0.508 e. The van der Waals surface area contributed by atoms with E-state index < -0.39 is 76.4 Å². The Balaban J connectivity index is 0.668. The van der Waals surface area contributed by atoms with E-state index in [2.05, 4.69) is 50.9 Å². The topological polar surface area (TPSA) is 347 Å². The van der Waals surface area contributed by atoms with E-state index in [1.807, 2.05) is 32.0 Å². The predicted molar refractivity (Wildman–Crippen MR) is 339 cm³/mol. The summed E-state index contributed by atoms with van der Waals surface area (Å²) in [6.07, 6.45) is 5.35. The van der Waals surface area contributed by atoms with Gasteiger partial charge in [-0.05, 0) is 117 Å². The number of phosphoric ester groups is 1. The number of fused-ring (bicyclic) bond motifs is 2. The maximum Gasteiger partial charge on any atom is 0.508 e. The first-order valence-electron chi connectivity index (χ1n) is 30.8. The number of hydrogen-bond acceptors (Lipinski definition) is 24. The number of phosphoric acid groups is 1. The molecule has 2 amide bonds. The summed E-state index contributed by atoms with van der Waals surface area (Å²) in [5.74, 6) is -0.515. The van der Waals surface area contributed by atoms with Crippen molar-refractivity contribution < 1.29 is 74.6 Å². The molecular formula is C62H80N11O16PS2. The lowest BCUT2D eigenvalue weighted by Crippen LogP contribution is -2.54. The van der Waals surface area contributed by atoms with Crippen molar-refractivity contribution in [3.05, 3.63) is 95.9 Å². The van der Waals surface area contributed by atoms with Crippen LogP contribution in [-0.4, -0.2) is 179 Å². The third kappa shape index (κ3) is 17.1. The summed E-state index contributed by atoms with van der Waals surface area (Å²) in [6.45, 7) is 13.5. The first kappa shape index (κ1) is 67.6. The van der Waals surface area contributed by atoms with E-state index in [4.69, 9.17) is 48.5 Å². The van der Waals surface area contributed by atoms with Gasteiger partial charge in [0.2, 0.25) is 17.7 Å². The van der Waals surface area contributed by atoms with Gasteiger partial charge in [0.1, 0.15) is 42.6 Å². The normalized spacial score (nSPS) is 22.2. The number of piperidine rings is 1. The molecule has 7 heterocycles. The second-order valence-corrected chi connectivity index (χ2v) is 31.1. The number of benzene rings is 2. The minimum atomic E-state index is -4.73. The van der Waals surface area contributed by atoms with Crippen LogP contribution in [0.4, 0.5) is 22.0 Å². The number of amides is 2. The van der Waals surface area contributed by atoms with Gasteiger partial charge in [-0.15, -0.1) is 10.2 Å². The van der Waals surface area contributed by atoms with Crippen molar-refractivity contribution in [3.63, 3.8) is 0 Å². The highest BCUT2D eigenvalue weighted by molar-refractivity contribution is 8.72. The molecule has 1 aliphatic carbocycles. The van der Waals surface area contributed by atoms with Gasteiger partial charge < -0.3 is 68.5 Å². The molecule has 4 saturated heterocycles. The predicted octanol–water partition coefficient (Wildman–Crippen LogP) is 7.35. The number of likely N-dealkylation sites (tertiary alicyclic amines) is 2. The lowest BCUT2D eigenvalue weighted by molar-refractivity contribution is -0.141. The van der Waals surface area contributed by atoms with Gasteiger partial charge in [-0.25, -0.2) is 27.3 Å². The molecule has 30 heteroatoms. The number of aromatic nitrogens is 4. The van der Waals surface area contributed by atoms with E-state index in [-0.39, 0.29) is 60.9 Å². The lowest BCUT2D eigenvalue weighted by Gasteiger charge is -2.43. The van der Waals surface area contributed by atoms with Crippen LogP contribution in [0, 0.1) is 17.2 Å². The average Bonchev–Trinajstić information content (AvgIpc) is 1.56. The van der Waals surface area contributed by atoms with Crippen molar-refractivity contribution in [2.75, 3.05) is 74.5 Å². The van der Waals surface area contributed by atoms with Crippen molar-refractivity contribution in [2.24, 2.45) is 5.92 Å². The first-order valence-corrected chi connectivity index (χ1v) is 35.6. The van der Waals surface area contributed by atoms with E-state index in [1.165, 1.54) is 4.90 Å². The summed E-state index contributed by atoms with van der Waals surface area (Å²) >= 11 is 0. The summed E-state index contributed by atoms with van der Waals surface area (Å²) in [7, 11) is -7.55. The minimum Gasteiger partial charge on any atom is -0.474 e. The van der Waals surface area contributed by atoms with Gasteiger partial charge in [-0.1, -0.05) is 38.1 Å². The molecule has 2 bridgehead atoms. The number of anilines is 3. The zero-order chi connectivity index (χ0) is 65.6. The van der Waals surface area contributed by atoms with Gasteiger partial charge in [0.25, 0.3) is 5.88 Å². The molecule has 3 aromatic heterocycles. The standard InChI is InChI=1S/C62H80N11O16PS2/c1-37(2)57(60(75)72-35-48(88-61(76)85-39(4)62(5,6)91-92(7,80)81)29-52(72)59(74)66-38(3)41-14-12-40(32-63)13-15-41)54-31-56(69-89-54)82-25-24-70-22-19-45(20-23-70)86-46-27-47(28-46)87-55-26-42(18-21-65-55)73-43-16-17-44(73)34-71(33-43)51-30-50(67-68-58(51)64)49-10-8-9-11-53(49)83-36-84-90(77,78)79/h8-15,18,21,26,30-31,37-39,43-48,52,57H,16-17,19-20,22-25,27-29,33-36H2,1-7H3,(H2,64,68)(H,66,74)(H2,77,78,79)/t38-,39?,43?,44?,46?,47?,48+,52-,57+/m0/s1. The number of ether oxygens (including phenoxy) is 6. The average molecular weight is 1330 g/mol. The van der Waals surface area contributed by atoms with Gasteiger partial charge in [0.05, 0.1) is 52.6 Å². The quantitative estimate of drug-likeness (QED) is 0.0182.